The van der Waals surface area contributed by atoms with Gasteiger partial charge in [0, 0.05) is 11.8 Å². The molecule has 0 saturated heterocycles. The molecule has 7 heteroatoms. The minimum Gasteiger partial charge on any atom is -0.394 e. The Hall–Kier alpha value is 0.0200. The lowest BCUT2D eigenvalue weighted by molar-refractivity contribution is -0.131. The average Bonchev–Trinajstić information content (AvgIpc) is 2.01. The van der Waals surface area contributed by atoms with Crippen LogP contribution in [0.4, 0.5) is 13.2 Å². The summed E-state index contributed by atoms with van der Waals surface area (Å²) in [6.07, 6.45) is -5.52. The zero-order chi connectivity index (χ0) is 11.4. The van der Waals surface area contributed by atoms with Gasteiger partial charge in [-0.25, -0.2) is 0 Å². The van der Waals surface area contributed by atoms with Crippen molar-refractivity contribution in [2.75, 3.05) is 12.4 Å². The van der Waals surface area contributed by atoms with Crippen LogP contribution in [-0.2, 0) is 0 Å². The first-order chi connectivity index (χ1) is 6.29. The van der Waals surface area contributed by atoms with Gasteiger partial charge >= 0.3 is 6.18 Å². The first-order valence-corrected chi connectivity index (χ1v) is 5.06. The second kappa shape index (κ2) is 5.79. The number of halogens is 3. The van der Waals surface area contributed by atoms with Crippen LogP contribution in [0.1, 0.15) is 6.92 Å². The Morgan fingerprint density at radius 3 is 2.21 bits per heavy atom. The van der Waals surface area contributed by atoms with Gasteiger partial charge in [0.2, 0.25) is 0 Å². The van der Waals surface area contributed by atoms with Crippen molar-refractivity contribution >= 4 is 11.8 Å². The van der Waals surface area contributed by atoms with Gasteiger partial charge in [-0.2, -0.15) is 13.2 Å². The van der Waals surface area contributed by atoms with E-state index in [1.165, 1.54) is 6.92 Å². The van der Waals surface area contributed by atoms with Gasteiger partial charge in [-0.05, 0) is 6.92 Å². The Kier molecular flexibility index (Phi) is 5.80. The number of alkyl halides is 3. The lowest BCUT2D eigenvalue weighted by atomic mass is 10.2. The maximum absolute atomic E-state index is 12.3. The second-order valence-electron chi connectivity index (χ2n) is 2.99. The number of aliphatic hydroxyl groups excluding tert-OH is 2. The molecule has 0 radical (unpaired) electrons. The average molecular weight is 233 g/mol. The Morgan fingerprint density at radius 1 is 1.43 bits per heavy atom. The quantitative estimate of drug-likeness (QED) is 0.641. The molecule has 0 saturated carbocycles. The van der Waals surface area contributed by atoms with Gasteiger partial charge in [0.15, 0.2) is 0 Å². The Labute approximate surface area is 84.5 Å². The smallest absolute Gasteiger partial charge is 0.394 e. The predicted octanol–water partition coefficient (Wildman–Crippen LogP) is 0.351. The van der Waals surface area contributed by atoms with Crippen LogP contribution >= 0.6 is 11.8 Å². The molecular formula is C7H14F3NO2S. The number of hydrogen-bond donors (Lipinski definition) is 3. The van der Waals surface area contributed by atoms with Crippen LogP contribution in [0.25, 0.3) is 0 Å². The topological polar surface area (TPSA) is 66.5 Å². The molecule has 0 bridgehead atoms. The highest BCUT2D eigenvalue weighted by molar-refractivity contribution is 8.00. The van der Waals surface area contributed by atoms with Crippen molar-refractivity contribution in [3.8, 4) is 0 Å². The highest BCUT2D eigenvalue weighted by Gasteiger charge is 2.42. The zero-order valence-corrected chi connectivity index (χ0v) is 8.48. The Balaban J connectivity index is 4.12. The summed E-state index contributed by atoms with van der Waals surface area (Å²) in [5, 5.41) is 15.6. The van der Waals surface area contributed by atoms with Crippen LogP contribution in [0.5, 0.6) is 0 Å². The lowest BCUT2D eigenvalue weighted by Gasteiger charge is -2.23. The van der Waals surface area contributed by atoms with Crippen molar-refractivity contribution in [3.05, 3.63) is 0 Å². The van der Waals surface area contributed by atoms with Crippen LogP contribution in [0.3, 0.4) is 0 Å². The summed E-state index contributed by atoms with van der Waals surface area (Å²) in [6.45, 7) is 0.715. The molecule has 4 N–H and O–H groups in total. The van der Waals surface area contributed by atoms with Crippen LogP contribution in [0.2, 0.25) is 0 Å². The van der Waals surface area contributed by atoms with Gasteiger partial charge in [0.05, 0.1) is 12.7 Å². The van der Waals surface area contributed by atoms with E-state index in [-0.39, 0.29) is 5.75 Å². The van der Waals surface area contributed by atoms with Gasteiger partial charge in [-0.1, -0.05) is 0 Å². The van der Waals surface area contributed by atoms with E-state index in [9.17, 15) is 13.2 Å². The van der Waals surface area contributed by atoms with Crippen molar-refractivity contribution in [1.82, 2.24) is 0 Å². The van der Waals surface area contributed by atoms with Gasteiger partial charge < -0.3 is 15.9 Å². The molecule has 0 rings (SSSR count). The largest absolute Gasteiger partial charge is 0.402 e. The third-order valence-corrected chi connectivity index (χ3v) is 3.11. The van der Waals surface area contributed by atoms with Crippen molar-refractivity contribution in [2.45, 2.75) is 30.5 Å². The number of rotatable bonds is 5. The van der Waals surface area contributed by atoms with Crippen LogP contribution in [0, 0.1) is 0 Å². The minimum absolute atomic E-state index is 0.178. The van der Waals surface area contributed by atoms with Gasteiger partial charge in [0.25, 0.3) is 0 Å². The molecular weight excluding hydrogens is 219 g/mol. The molecule has 0 aliphatic carbocycles. The van der Waals surface area contributed by atoms with Gasteiger partial charge in [-0.3, -0.25) is 0 Å². The molecule has 86 valence electrons. The van der Waals surface area contributed by atoms with E-state index in [0.717, 1.165) is 0 Å². The summed E-state index contributed by atoms with van der Waals surface area (Å²) in [4.78, 5) is 0. The molecule has 0 fully saturated rings. The summed E-state index contributed by atoms with van der Waals surface area (Å²) in [6, 6.07) is -1.04. The number of nitrogens with two attached hydrogens (primary N) is 1. The summed E-state index contributed by atoms with van der Waals surface area (Å²) < 4.78 is 36.8. The van der Waals surface area contributed by atoms with E-state index in [2.05, 4.69) is 0 Å². The van der Waals surface area contributed by atoms with E-state index in [4.69, 9.17) is 15.9 Å². The fourth-order valence-electron chi connectivity index (χ4n) is 0.812. The summed E-state index contributed by atoms with van der Waals surface area (Å²) >= 11 is 0.509. The maximum atomic E-state index is 12.3. The molecule has 14 heavy (non-hydrogen) atoms. The fraction of sp³-hybridized carbons (Fsp3) is 1.00. The third-order valence-electron chi connectivity index (χ3n) is 1.48. The highest BCUT2D eigenvalue weighted by atomic mass is 32.2. The number of hydrogen-bond acceptors (Lipinski definition) is 4. The van der Waals surface area contributed by atoms with E-state index in [1.54, 1.807) is 0 Å². The van der Waals surface area contributed by atoms with Gasteiger partial charge in [0.1, 0.15) is 5.25 Å². The first-order valence-electron chi connectivity index (χ1n) is 4.01. The summed E-state index contributed by atoms with van der Waals surface area (Å²) in [5.41, 5.74) is 5.17. The van der Waals surface area contributed by atoms with Crippen molar-refractivity contribution in [1.29, 1.82) is 0 Å². The maximum Gasteiger partial charge on any atom is 0.402 e. The van der Waals surface area contributed by atoms with Crippen LogP contribution in [-0.4, -0.2) is 46.1 Å². The molecule has 0 spiro atoms. The van der Waals surface area contributed by atoms with Crippen molar-refractivity contribution < 1.29 is 23.4 Å². The molecule has 0 aromatic heterocycles. The van der Waals surface area contributed by atoms with Gasteiger partial charge in [-0.15, -0.1) is 11.8 Å². The first kappa shape index (κ1) is 14.0. The number of aliphatic hydroxyl groups is 2. The fourth-order valence-corrected chi connectivity index (χ4v) is 1.84. The second-order valence-corrected chi connectivity index (χ2v) is 4.17. The lowest BCUT2D eigenvalue weighted by Crippen LogP contribution is -2.41. The van der Waals surface area contributed by atoms with Crippen molar-refractivity contribution in [2.24, 2.45) is 5.73 Å². The van der Waals surface area contributed by atoms with E-state index in [1.807, 2.05) is 0 Å². The van der Waals surface area contributed by atoms with Crippen LogP contribution in [0.15, 0.2) is 0 Å². The third kappa shape index (κ3) is 5.04. The molecule has 0 aliphatic rings. The molecule has 3 atom stereocenters. The zero-order valence-electron chi connectivity index (χ0n) is 7.66. The van der Waals surface area contributed by atoms with Crippen molar-refractivity contribution in [3.63, 3.8) is 0 Å². The summed E-state index contributed by atoms with van der Waals surface area (Å²) in [5.74, 6) is -0.178. The van der Waals surface area contributed by atoms with Crippen LogP contribution < -0.4 is 5.73 Å². The summed E-state index contributed by atoms with van der Waals surface area (Å²) in [7, 11) is 0. The molecule has 0 amide bonds. The predicted molar refractivity (Wildman–Crippen MR) is 49.0 cm³/mol. The van der Waals surface area contributed by atoms with E-state index >= 15 is 0 Å². The minimum atomic E-state index is -4.38. The molecule has 3 nitrogen and oxygen atoms in total. The van der Waals surface area contributed by atoms with E-state index < -0.39 is 30.2 Å². The molecule has 0 aromatic rings. The molecule has 0 aromatic carbocycles. The van der Waals surface area contributed by atoms with E-state index in [0.29, 0.717) is 11.8 Å². The SMILES string of the molecule is CC(N)C(SCC(O)CO)C(F)(F)F. The Morgan fingerprint density at radius 2 is 1.93 bits per heavy atom. The normalized spacial score (nSPS) is 19.1. The highest BCUT2D eigenvalue weighted by Crippen LogP contribution is 2.32. The number of thioether (sulfide) groups is 1. The standard InChI is InChI=1S/C7H14F3NO2S/c1-4(11)6(7(8,9)10)14-3-5(13)2-12/h4-6,12-13H,2-3,11H2,1H3. The molecule has 0 aliphatic heterocycles. The molecule has 3 unspecified atom stereocenters. The monoisotopic (exact) mass is 233 g/mol. The Bertz CT molecular complexity index is 166. The molecule has 0 heterocycles.